The van der Waals surface area contributed by atoms with Crippen molar-refractivity contribution >= 4 is 22.6 Å². The zero-order valence-electron chi connectivity index (χ0n) is 6.08. The zero-order valence-corrected chi connectivity index (χ0v) is 8.24. The molecule has 0 aromatic heterocycles. The van der Waals surface area contributed by atoms with Gasteiger partial charge in [-0.2, -0.15) is 0 Å². The number of nitrogens with zero attached hydrogens (tertiary/aromatic N) is 1. The van der Waals surface area contributed by atoms with Gasteiger partial charge in [-0.25, -0.2) is 0 Å². The van der Waals surface area contributed by atoms with E-state index in [0.29, 0.717) is 6.42 Å². The summed E-state index contributed by atoms with van der Waals surface area (Å²) in [7, 11) is 0. The van der Waals surface area contributed by atoms with Crippen molar-refractivity contribution in [2.75, 3.05) is 0 Å². The van der Waals surface area contributed by atoms with Crippen LogP contribution in [0.15, 0.2) is 23.8 Å². The van der Waals surface area contributed by atoms with E-state index in [1.807, 2.05) is 41.7 Å². The van der Waals surface area contributed by atoms with Gasteiger partial charge in [0.05, 0.1) is 0 Å². The van der Waals surface area contributed by atoms with Gasteiger partial charge in [0.2, 0.25) is 0 Å². The van der Waals surface area contributed by atoms with Gasteiger partial charge < -0.3 is 0 Å². The van der Waals surface area contributed by atoms with Crippen molar-refractivity contribution in [3.8, 4) is 0 Å². The Bertz CT molecular complexity index is 247. The molecule has 0 saturated heterocycles. The number of hydrogen-bond donors (Lipinski definition) is 0. The quantitative estimate of drug-likeness (QED) is 0.240. The highest BCUT2D eigenvalue weighted by atomic mass is 127. The van der Waals surface area contributed by atoms with Crippen LogP contribution >= 0.6 is 22.6 Å². The summed E-state index contributed by atoms with van der Waals surface area (Å²) in [6.07, 6.45) is 5.91. The van der Waals surface area contributed by atoms with E-state index in [9.17, 15) is 10.1 Å². The van der Waals surface area contributed by atoms with Gasteiger partial charge in [-0.15, -0.1) is 0 Å². The third-order valence-electron chi connectivity index (χ3n) is 1.54. The van der Waals surface area contributed by atoms with E-state index in [0.717, 1.165) is 5.57 Å². The summed E-state index contributed by atoms with van der Waals surface area (Å²) in [5.41, 5.74) is 0.961. The molecule has 11 heavy (non-hydrogen) atoms. The van der Waals surface area contributed by atoms with Gasteiger partial charge in [0.1, 0.15) is 0 Å². The maximum absolute atomic E-state index is 10.5. The normalized spacial score (nSPS) is 29.8. The molecule has 1 rings (SSSR count). The third-order valence-corrected chi connectivity index (χ3v) is 2.68. The minimum atomic E-state index is -0.906. The predicted octanol–water partition coefficient (Wildman–Crippen LogP) is 2.30. The highest BCUT2D eigenvalue weighted by Gasteiger charge is 2.36. The lowest BCUT2D eigenvalue weighted by molar-refractivity contribution is -0.516. The first-order chi connectivity index (χ1) is 5.04. The molecule has 1 unspecified atom stereocenters. The van der Waals surface area contributed by atoms with Crippen LogP contribution < -0.4 is 0 Å². The molecule has 0 N–H and O–H groups in total. The Morgan fingerprint density at radius 1 is 1.82 bits per heavy atom. The molecule has 0 aromatic carbocycles. The Balaban J connectivity index is 2.92. The molecule has 0 radical (unpaired) electrons. The first-order valence-corrected chi connectivity index (χ1v) is 4.32. The van der Waals surface area contributed by atoms with Gasteiger partial charge in [0.15, 0.2) is 0 Å². The first-order valence-electron chi connectivity index (χ1n) is 3.24. The number of alkyl halides is 1. The van der Waals surface area contributed by atoms with E-state index in [2.05, 4.69) is 0 Å². The molecule has 0 amide bonds. The summed E-state index contributed by atoms with van der Waals surface area (Å²) < 4.78 is -0.906. The van der Waals surface area contributed by atoms with Crippen molar-refractivity contribution in [2.24, 2.45) is 0 Å². The van der Waals surface area contributed by atoms with Crippen LogP contribution in [0.3, 0.4) is 0 Å². The van der Waals surface area contributed by atoms with E-state index >= 15 is 0 Å². The molecule has 1 aliphatic carbocycles. The fourth-order valence-corrected chi connectivity index (χ4v) is 1.74. The summed E-state index contributed by atoms with van der Waals surface area (Å²) in [5.74, 6) is 0. The smallest absolute Gasteiger partial charge is 0.263 e. The molecule has 60 valence electrons. The molecule has 1 atom stereocenters. The number of allylic oxidation sites excluding steroid dienone is 2. The van der Waals surface area contributed by atoms with Crippen molar-refractivity contribution in [1.82, 2.24) is 0 Å². The van der Waals surface area contributed by atoms with Crippen molar-refractivity contribution in [3.63, 3.8) is 0 Å². The standard InChI is InChI=1S/C7H8INO2/c1-6-3-2-4-7(8,5-6)9(10)11/h2-3,5H,4H2,1H3. The second-order valence-electron chi connectivity index (χ2n) is 2.57. The maximum Gasteiger partial charge on any atom is 0.291 e. The number of hydrogen-bond acceptors (Lipinski definition) is 2. The average Bonchev–Trinajstić information content (AvgIpc) is 1.86. The number of nitro groups is 1. The molecule has 1 aliphatic rings. The summed E-state index contributed by atoms with van der Waals surface area (Å²) in [4.78, 5) is 10.3. The minimum absolute atomic E-state index is 0.249. The lowest BCUT2D eigenvalue weighted by Gasteiger charge is -2.16. The van der Waals surface area contributed by atoms with E-state index in [-0.39, 0.29) is 4.92 Å². The lowest BCUT2D eigenvalue weighted by Crippen LogP contribution is -2.29. The summed E-state index contributed by atoms with van der Waals surface area (Å²) in [5, 5.41) is 10.5. The van der Waals surface area contributed by atoms with Gasteiger partial charge in [0, 0.05) is 40.0 Å². The third kappa shape index (κ3) is 1.79. The van der Waals surface area contributed by atoms with Crippen LogP contribution in [-0.2, 0) is 0 Å². The Morgan fingerprint density at radius 2 is 2.45 bits per heavy atom. The number of rotatable bonds is 1. The molecule has 0 saturated carbocycles. The van der Waals surface area contributed by atoms with Gasteiger partial charge in [0.25, 0.3) is 3.55 Å². The molecule has 3 nitrogen and oxygen atoms in total. The molecule has 4 heteroatoms. The van der Waals surface area contributed by atoms with Gasteiger partial charge in [-0.3, -0.25) is 10.1 Å². The largest absolute Gasteiger partial charge is 0.291 e. The maximum atomic E-state index is 10.5. The second kappa shape index (κ2) is 2.92. The van der Waals surface area contributed by atoms with Crippen molar-refractivity contribution in [1.29, 1.82) is 0 Å². The van der Waals surface area contributed by atoms with Gasteiger partial charge in [-0.05, 0) is 12.5 Å². The summed E-state index contributed by atoms with van der Waals surface area (Å²) >= 11 is 1.87. The Kier molecular flexibility index (Phi) is 2.31. The van der Waals surface area contributed by atoms with E-state index in [4.69, 9.17) is 0 Å². The molecular formula is C7H8INO2. The van der Waals surface area contributed by atoms with Crippen molar-refractivity contribution in [2.45, 2.75) is 16.9 Å². The van der Waals surface area contributed by atoms with Crippen LogP contribution in [0.4, 0.5) is 0 Å². The van der Waals surface area contributed by atoms with Crippen molar-refractivity contribution in [3.05, 3.63) is 33.9 Å². The number of halogens is 1. The highest BCUT2D eigenvalue weighted by Crippen LogP contribution is 2.30. The highest BCUT2D eigenvalue weighted by molar-refractivity contribution is 14.1. The fourth-order valence-electron chi connectivity index (χ4n) is 0.993. The average molecular weight is 265 g/mol. The molecule has 0 aliphatic heterocycles. The van der Waals surface area contributed by atoms with Crippen LogP contribution in [0.2, 0.25) is 0 Å². The molecule has 0 heterocycles. The monoisotopic (exact) mass is 265 g/mol. The molecule has 0 spiro atoms. The van der Waals surface area contributed by atoms with E-state index < -0.39 is 3.55 Å². The summed E-state index contributed by atoms with van der Waals surface area (Å²) in [6.45, 7) is 1.87. The Hall–Kier alpha value is -0.390. The zero-order chi connectivity index (χ0) is 8.48. The van der Waals surface area contributed by atoms with Crippen LogP contribution in [0.25, 0.3) is 0 Å². The molecule has 0 bridgehead atoms. The van der Waals surface area contributed by atoms with Crippen LogP contribution in [-0.4, -0.2) is 8.47 Å². The fraction of sp³-hybridized carbons (Fsp3) is 0.429. The van der Waals surface area contributed by atoms with Crippen LogP contribution in [0.5, 0.6) is 0 Å². The minimum Gasteiger partial charge on any atom is -0.263 e. The van der Waals surface area contributed by atoms with Gasteiger partial charge >= 0.3 is 0 Å². The first kappa shape index (κ1) is 8.70. The Morgan fingerprint density at radius 3 is 2.82 bits per heavy atom. The second-order valence-corrected chi connectivity index (χ2v) is 4.44. The van der Waals surface area contributed by atoms with Crippen LogP contribution in [0, 0.1) is 10.1 Å². The van der Waals surface area contributed by atoms with Gasteiger partial charge in [-0.1, -0.05) is 12.2 Å². The van der Waals surface area contributed by atoms with Crippen LogP contribution in [0.1, 0.15) is 13.3 Å². The Labute approximate surface area is 78.5 Å². The topological polar surface area (TPSA) is 43.1 Å². The van der Waals surface area contributed by atoms with Crippen molar-refractivity contribution < 1.29 is 4.92 Å². The summed E-state index contributed by atoms with van der Waals surface area (Å²) in [6, 6.07) is 0. The predicted molar refractivity (Wildman–Crippen MR) is 51.3 cm³/mol. The van der Waals surface area contributed by atoms with E-state index in [1.54, 1.807) is 6.08 Å². The SMILES string of the molecule is CC1=CC(I)([N+](=O)[O-])CC=C1. The molecule has 0 fully saturated rings. The van der Waals surface area contributed by atoms with E-state index in [1.165, 1.54) is 0 Å². The molecule has 0 aromatic rings. The lowest BCUT2D eigenvalue weighted by atomic mass is 10.0. The molecular weight excluding hydrogens is 257 g/mol.